The summed E-state index contributed by atoms with van der Waals surface area (Å²) in [5.41, 5.74) is 7.72. The Morgan fingerprint density at radius 1 is 1.29 bits per heavy atom. The van der Waals surface area contributed by atoms with Crippen molar-refractivity contribution in [2.75, 3.05) is 12.4 Å². The van der Waals surface area contributed by atoms with E-state index in [-0.39, 0.29) is 12.1 Å². The highest BCUT2D eigenvalue weighted by atomic mass is 16.2. The lowest BCUT2D eigenvalue weighted by Crippen LogP contribution is -2.44. The molecule has 0 aliphatic heterocycles. The molecule has 0 spiro atoms. The van der Waals surface area contributed by atoms with Crippen LogP contribution in [0.2, 0.25) is 0 Å². The van der Waals surface area contributed by atoms with Crippen LogP contribution in [0.5, 0.6) is 0 Å². The first-order valence-electron chi connectivity index (χ1n) is 7.88. The zero-order valence-corrected chi connectivity index (χ0v) is 13.3. The molecule has 1 aromatic rings. The Kier molecular flexibility index (Phi) is 5.23. The van der Waals surface area contributed by atoms with E-state index >= 15 is 0 Å². The van der Waals surface area contributed by atoms with Gasteiger partial charge in [-0.1, -0.05) is 31.9 Å². The van der Waals surface area contributed by atoms with Gasteiger partial charge in [-0.05, 0) is 43.4 Å². The number of urea groups is 1. The summed E-state index contributed by atoms with van der Waals surface area (Å²) in [6.45, 7) is 4.19. The van der Waals surface area contributed by atoms with E-state index in [0.717, 1.165) is 17.7 Å². The Bertz CT molecular complexity index is 469. The summed E-state index contributed by atoms with van der Waals surface area (Å²) in [6, 6.07) is 8.08. The molecule has 1 fully saturated rings. The van der Waals surface area contributed by atoms with Gasteiger partial charge in [0.05, 0.1) is 0 Å². The van der Waals surface area contributed by atoms with Crippen molar-refractivity contribution in [1.29, 1.82) is 0 Å². The van der Waals surface area contributed by atoms with Gasteiger partial charge in [0.1, 0.15) is 0 Å². The summed E-state index contributed by atoms with van der Waals surface area (Å²) in [4.78, 5) is 14.2. The maximum atomic E-state index is 12.4. The number of nitrogens with one attached hydrogen (secondary N) is 1. The van der Waals surface area contributed by atoms with Gasteiger partial charge < -0.3 is 16.0 Å². The molecule has 3 N–H and O–H groups in total. The van der Waals surface area contributed by atoms with Crippen molar-refractivity contribution < 1.29 is 4.79 Å². The molecule has 4 nitrogen and oxygen atoms in total. The molecule has 2 rings (SSSR count). The predicted molar refractivity (Wildman–Crippen MR) is 87.2 cm³/mol. The third-order valence-corrected chi connectivity index (χ3v) is 4.57. The topological polar surface area (TPSA) is 58.4 Å². The van der Waals surface area contributed by atoms with Gasteiger partial charge in [-0.15, -0.1) is 0 Å². The van der Waals surface area contributed by atoms with Crippen LogP contribution in [0, 0.1) is 5.92 Å². The standard InChI is InChI=1S/C17H27N3O/c1-12-6-4-5-7-16(12)20(3)17(21)19-15-10-8-14(9-11-15)13(2)18/h8-13,16H,4-7,18H2,1-3H3,(H,19,21). The summed E-state index contributed by atoms with van der Waals surface area (Å²) in [7, 11) is 1.90. The van der Waals surface area contributed by atoms with Crippen LogP contribution in [0.1, 0.15) is 51.1 Å². The molecular formula is C17H27N3O. The Hall–Kier alpha value is -1.55. The minimum Gasteiger partial charge on any atom is -0.324 e. The highest BCUT2D eigenvalue weighted by Gasteiger charge is 2.27. The lowest BCUT2D eigenvalue weighted by Gasteiger charge is -2.36. The summed E-state index contributed by atoms with van der Waals surface area (Å²) in [5, 5.41) is 2.97. The van der Waals surface area contributed by atoms with Gasteiger partial charge in [0.25, 0.3) is 0 Å². The molecule has 0 heterocycles. The van der Waals surface area contributed by atoms with Crippen molar-refractivity contribution in [2.24, 2.45) is 11.7 Å². The Morgan fingerprint density at radius 3 is 2.48 bits per heavy atom. The average molecular weight is 289 g/mol. The molecule has 21 heavy (non-hydrogen) atoms. The molecular weight excluding hydrogens is 262 g/mol. The fourth-order valence-corrected chi connectivity index (χ4v) is 3.10. The van der Waals surface area contributed by atoms with Crippen LogP contribution in [-0.4, -0.2) is 24.0 Å². The minimum absolute atomic E-state index is 0.0144. The molecule has 3 unspecified atom stereocenters. The predicted octanol–water partition coefficient (Wildman–Crippen LogP) is 3.75. The number of rotatable bonds is 3. The van der Waals surface area contributed by atoms with Crippen LogP contribution in [-0.2, 0) is 0 Å². The number of nitrogens with two attached hydrogens (primary N) is 1. The van der Waals surface area contributed by atoms with E-state index in [1.165, 1.54) is 19.3 Å². The van der Waals surface area contributed by atoms with Crippen molar-refractivity contribution in [3.63, 3.8) is 0 Å². The molecule has 1 saturated carbocycles. The van der Waals surface area contributed by atoms with Crippen LogP contribution in [0.25, 0.3) is 0 Å². The maximum absolute atomic E-state index is 12.4. The Morgan fingerprint density at radius 2 is 1.90 bits per heavy atom. The van der Waals surface area contributed by atoms with Crippen molar-refractivity contribution >= 4 is 11.7 Å². The summed E-state index contributed by atoms with van der Waals surface area (Å²) >= 11 is 0. The molecule has 1 aliphatic rings. The molecule has 2 amide bonds. The second-order valence-electron chi connectivity index (χ2n) is 6.28. The molecule has 0 radical (unpaired) electrons. The monoisotopic (exact) mass is 289 g/mol. The van der Waals surface area contributed by atoms with Crippen LogP contribution in [0.4, 0.5) is 10.5 Å². The number of amides is 2. The summed E-state index contributed by atoms with van der Waals surface area (Å²) < 4.78 is 0. The first-order chi connectivity index (χ1) is 9.99. The van der Waals surface area contributed by atoms with Crippen molar-refractivity contribution in [3.8, 4) is 0 Å². The van der Waals surface area contributed by atoms with Gasteiger partial charge in [-0.25, -0.2) is 4.79 Å². The van der Waals surface area contributed by atoms with Gasteiger partial charge in [-0.2, -0.15) is 0 Å². The van der Waals surface area contributed by atoms with E-state index in [0.29, 0.717) is 12.0 Å². The fourth-order valence-electron chi connectivity index (χ4n) is 3.10. The molecule has 1 aromatic carbocycles. The lowest BCUT2D eigenvalue weighted by atomic mass is 9.85. The van der Waals surface area contributed by atoms with Gasteiger partial charge in [0, 0.05) is 24.8 Å². The van der Waals surface area contributed by atoms with Crippen LogP contribution in [0.3, 0.4) is 0 Å². The smallest absolute Gasteiger partial charge is 0.321 e. The molecule has 1 aliphatic carbocycles. The van der Waals surface area contributed by atoms with Crippen molar-refractivity contribution in [2.45, 2.75) is 51.6 Å². The number of anilines is 1. The van der Waals surface area contributed by atoms with Crippen molar-refractivity contribution in [3.05, 3.63) is 29.8 Å². The largest absolute Gasteiger partial charge is 0.324 e. The van der Waals surface area contributed by atoms with E-state index in [4.69, 9.17) is 5.73 Å². The highest BCUT2D eigenvalue weighted by molar-refractivity contribution is 5.89. The van der Waals surface area contributed by atoms with E-state index in [9.17, 15) is 4.79 Å². The second-order valence-corrected chi connectivity index (χ2v) is 6.28. The number of hydrogen-bond donors (Lipinski definition) is 2. The van der Waals surface area contributed by atoms with Crippen LogP contribution < -0.4 is 11.1 Å². The number of benzene rings is 1. The lowest BCUT2D eigenvalue weighted by molar-refractivity contribution is 0.155. The molecule has 0 aromatic heterocycles. The molecule has 0 bridgehead atoms. The molecule has 116 valence electrons. The first-order valence-corrected chi connectivity index (χ1v) is 7.88. The number of carbonyl (C=O) groups is 1. The minimum atomic E-state index is -0.0257. The van der Waals surface area contributed by atoms with E-state index in [1.807, 2.05) is 43.1 Å². The normalized spacial score (nSPS) is 23.4. The summed E-state index contributed by atoms with van der Waals surface area (Å²) in [6.07, 6.45) is 4.82. The Labute approximate surface area is 127 Å². The average Bonchev–Trinajstić information content (AvgIpc) is 2.47. The maximum Gasteiger partial charge on any atom is 0.321 e. The Balaban J connectivity index is 1.96. The van der Waals surface area contributed by atoms with Gasteiger partial charge >= 0.3 is 6.03 Å². The molecule has 0 saturated heterocycles. The van der Waals surface area contributed by atoms with E-state index in [1.54, 1.807) is 0 Å². The molecule has 4 heteroatoms. The SMILES string of the molecule is CC(N)c1ccc(NC(=O)N(C)C2CCCCC2C)cc1. The second kappa shape index (κ2) is 6.94. The quantitative estimate of drug-likeness (QED) is 0.890. The highest BCUT2D eigenvalue weighted by Crippen LogP contribution is 2.27. The van der Waals surface area contributed by atoms with E-state index in [2.05, 4.69) is 12.2 Å². The third kappa shape index (κ3) is 3.97. The van der Waals surface area contributed by atoms with Crippen LogP contribution in [0.15, 0.2) is 24.3 Å². The van der Waals surface area contributed by atoms with Crippen molar-refractivity contribution in [1.82, 2.24) is 4.90 Å². The summed E-state index contributed by atoms with van der Waals surface area (Å²) in [5.74, 6) is 0.579. The number of nitrogens with zero attached hydrogens (tertiary/aromatic N) is 1. The zero-order chi connectivity index (χ0) is 15.4. The van der Waals surface area contributed by atoms with Gasteiger partial charge in [0.15, 0.2) is 0 Å². The molecule has 3 atom stereocenters. The van der Waals surface area contributed by atoms with Gasteiger partial charge in [-0.3, -0.25) is 0 Å². The third-order valence-electron chi connectivity index (χ3n) is 4.57. The first kappa shape index (κ1) is 15.8. The van der Waals surface area contributed by atoms with E-state index < -0.39 is 0 Å². The fraction of sp³-hybridized carbons (Fsp3) is 0.588. The zero-order valence-electron chi connectivity index (χ0n) is 13.3. The number of hydrogen-bond acceptors (Lipinski definition) is 2. The number of carbonyl (C=O) groups excluding carboxylic acids is 1. The van der Waals surface area contributed by atoms with Gasteiger partial charge in [0.2, 0.25) is 0 Å². The van der Waals surface area contributed by atoms with Crippen LogP contribution >= 0.6 is 0 Å².